The number of benzene rings is 1. The molecule has 0 spiro atoms. The molecule has 18 heavy (non-hydrogen) atoms. The molecular weight excluding hydrogens is 224 g/mol. The number of carbonyl (C=O) groups is 1. The molecule has 0 bridgehead atoms. The first-order valence-electron chi connectivity index (χ1n) is 6.28. The van der Waals surface area contributed by atoms with Gasteiger partial charge in [-0.3, -0.25) is 9.48 Å². The Balaban J connectivity index is 2.41. The summed E-state index contributed by atoms with van der Waals surface area (Å²) in [6.07, 6.45) is 2.66. The van der Waals surface area contributed by atoms with Gasteiger partial charge in [0.2, 0.25) is 0 Å². The summed E-state index contributed by atoms with van der Waals surface area (Å²) in [6.45, 7) is 7.10. The maximum Gasteiger partial charge on any atom is 0.153 e. The van der Waals surface area contributed by atoms with Crippen molar-refractivity contribution >= 4 is 6.29 Å². The van der Waals surface area contributed by atoms with E-state index < -0.39 is 0 Å². The van der Waals surface area contributed by atoms with Gasteiger partial charge >= 0.3 is 0 Å². The molecular formula is C15H18N2O. The van der Waals surface area contributed by atoms with Crippen LogP contribution in [0.5, 0.6) is 0 Å². The van der Waals surface area contributed by atoms with Crippen LogP contribution in [0.2, 0.25) is 0 Å². The highest BCUT2D eigenvalue weighted by molar-refractivity contribution is 5.85. The minimum Gasteiger partial charge on any atom is -0.298 e. The molecule has 0 radical (unpaired) electrons. The predicted molar refractivity (Wildman–Crippen MR) is 72.8 cm³/mol. The number of hydrogen-bond donors (Lipinski definition) is 0. The molecule has 0 atom stereocenters. The molecule has 2 rings (SSSR count). The molecule has 0 N–H and O–H groups in total. The lowest BCUT2D eigenvalue weighted by Gasteiger charge is -2.05. The quantitative estimate of drug-likeness (QED) is 0.769. The monoisotopic (exact) mass is 242 g/mol. The van der Waals surface area contributed by atoms with Crippen molar-refractivity contribution in [2.24, 2.45) is 0 Å². The van der Waals surface area contributed by atoms with Crippen molar-refractivity contribution in [2.45, 2.75) is 33.2 Å². The van der Waals surface area contributed by atoms with Gasteiger partial charge in [0.25, 0.3) is 0 Å². The number of carbonyl (C=O) groups excluding carboxylic acids is 1. The number of rotatable bonds is 4. The fourth-order valence-electron chi connectivity index (χ4n) is 1.94. The van der Waals surface area contributed by atoms with Crippen LogP contribution in [0.25, 0.3) is 11.3 Å². The topological polar surface area (TPSA) is 34.9 Å². The summed E-state index contributed by atoms with van der Waals surface area (Å²) in [4.78, 5) is 11.1. The molecule has 3 nitrogen and oxygen atoms in total. The first-order valence-corrected chi connectivity index (χ1v) is 6.28. The van der Waals surface area contributed by atoms with E-state index >= 15 is 0 Å². The van der Waals surface area contributed by atoms with Crippen LogP contribution in [0.4, 0.5) is 0 Å². The predicted octanol–water partition coefficient (Wildman–Crippen LogP) is 3.51. The first kappa shape index (κ1) is 12.6. The van der Waals surface area contributed by atoms with E-state index in [1.54, 1.807) is 10.9 Å². The molecule has 0 aliphatic carbocycles. The third-order valence-corrected chi connectivity index (χ3v) is 3.09. The Morgan fingerprint density at radius 3 is 2.44 bits per heavy atom. The molecule has 1 aromatic carbocycles. The van der Waals surface area contributed by atoms with Gasteiger partial charge in [-0.15, -0.1) is 0 Å². The van der Waals surface area contributed by atoms with Gasteiger partial charge in [-0.2, -0.15) is 5.10 Å². The number of hydrogen-bond acceptors (Lipinski definition) is 2. The summed E-state index contributed by atoms with van der Waals surface area (Å²) in [5.41, 5.74) is 3.70. The molecule has 94 valence electrons. The standard InChI is InChI=1S/C15H18N2O/c1-4-17-9-14(10-18)15(16-17)13-7-5-12(6-8-13)11(2)3/h5-11H,4H2,1-3H3. The minimum atomic E-state index is 0.512. The van der Waals surface area contributed by atoms with Crippen molar-refractivity contribution in [2.75, 3.05) is 0 Å². The Morgan fingerprint density at radius 1 is 1.28 bits per heavy atom. The second-order valence-electron chi connectivity index (χ2n) is 4.68. The van der Waals surface area contributed by atoms with Gasteiger partial charge < -0.3 is 0 Å². The highest BCUT2D eigenvalue weighted by Crippen LogP contribution is 2.23. The molecule has 0 fully saturated rings. The zero-order valence-electron chi connectivity index (χ0n) is 11.1. The number of aldehydes is 1. The van der Waals surface area contributed by atoms with Gasteiger partial charge in [-0.25, -0.2) is 0 Å². The highest BCUT2D eigenvalue weighted by Gasteiger charge is 2.10. The summed E-state index contributed by atoms with van der Waals surface area (Å²) in [7, 11) is 0. The van der Waals surface area contributed by atoms with E-state index in [9.17, 15) is 4.79 Å². The molecule has 0 saturated heterocycles. The normalized spacial score (nSPS) is 10.9. The summed E-state index contributed by atoms with van der Waals surface area (Å²) >= 11 is 0. The number of aromatic nitrogens is 2. The smallest absolute Gasteiger partial charge is 0.153 e. The zero-order valence-corrected chi connectivity index (χ0v) is 11.1. The summed E-state index contributed by atoms with van der Waals surface area (Å²) in [5.74, 6) is 0.512. The summed E-state index contributed by atoms with van der Waals surface area (Å²) in [5, 5.41) is 4.43. The van der Waals surface area contributed by atoms with Crippen LogP contribution in [-0.4, -0.2) is 16.1 Å². The van der Waals surface area contributed by atoms with E-state index in [2.05, 4.69) is 31.1 Å². The number of aryl methyl sites for hydroxylation is 1. The van der Waals surface area contributed by atoms with Crippen molar-refractivity contribution in [1.29, 1.82) is 0 Å². The molecule has 0 amide bonds. The SMILES string of the molecule is CCn1cc(C=O)c(-c2ccc(C(C)C)cc2)n1. The van der Waals surface area contributed by atoms with E-state index in [0.717, 1.165) is 24.1 Å². The average Bonchev–Trinajstić information content (AvgIpc) is 2.82. The molecule has 1 aromatic heterocycles. The second-order valence-corrected chi connectivity index (χ2v) is 4.68. The molecule has 3 heteroatoms. The Morgan fingerprint density at radius 2 is 1.94 bits per heavy atom. The zero-order chi connectivity index (χ0) is 13.1. The fraction of sp³-hybridized carbons (Fsp3) is 0.333. The van der Waals surface area contributed by atoms with Crippen LogP contribution in [0, 0.1) is 0 Å². The van der Waals surface area contributed by atoms with Crippen LogP contribution in [0.15, 0.2) is 30.5 Å². The van der Waals surface area contributed by atoms with Gasteiger partial charge in [-0.1, -0.05) is 38.1 Å². The molecule has 2 aromatic rings. The van der Waals surface area contributed by atoms with Gasteiger partial charge in [0, 0.05) is 18.3 Å². The summed E-state index contributed by atoms with van der Waals surface area (Å²) < 4.78 is 1.79. The molecule has 0 unspecified atom stereocenters. The molecule has 0 aliphatic rings. The lowest BCUT2D eigenvalue weighted by Crippen LogP contribution is -1.94. The largest absolute Gasteiger partial charge is 0.298 e. The van der Waals surface area contributed by atoms with Gasteiger partial charge in [-0.05, 0) is 18.4 Å². The van der Waals surface area contributed by atoms with Crippen LogP contribution in [0.1, 0.15) is 42.6 Å². The lowest BCUT2D eigenvalue weighted by atomic mass is 10.00. The number of nitrogens with zero attached hydrogens (tertiary/aromatic N) is 2. The Bertz CT molecular complexity index is 538. The van der Waals surface area contributed by atoms with Gasteiger partial charge in [0.15, 0.2) is 6.29 Å². The third kappa shape index (κ3) is 2.35. The molecule has 0 saturated carbocycles. The average molecular weight is 242 g/mol. The maximum atomic E-state index is 11.1. The highest BCUT2D eigenvalue weighted by atomic mass is 16.1. The third-order valence-electron chi connectivity index (χ3n) is 3.09. The minimum absolute atomic E-state index is 0.512. The fourth-order valence-corrected chi connectivity index (χ4v) is 1.94. The Hall–Kier alpha value is -1.90. The van der Waals surface area contributed by atoms with Crippen molar-refractivity contribution in [3.05, 3.63) is 41.6 Å². The van der Waals surface area contributed by atoms with E-state index in [-0.39, 0.29) is 0 Å². The van der Waals surface area contributed by atoms with Crippen LogP contribution >= 0.6 is 0 Å². The van der Waals surface area contributed by atoms with E-state index in [4.69, 9.17) is 0 Å². The van der Waals surface area contributed by atoms with Crippen molar-refractivity contribution in [1.82, 2.24) is 9.78 Å². The van der Waals surface area contributed by atoms with Gasteiger partial charge in [0.1, 0.15) is 5.69 Å². The molecule has 0 aliphatic heterocycles. The lowest BCUT2D eigenvalue weighted by molar-refractivity contribution is 0.112. The first-order chi connectivity index (χ1) is 8.65. The Kier molecular flexibility index (Phi) is 3.60. The summed E-state index contributed by atoms with van der Waals surface area (Å²) in [6, 6.07) is 8.26. The van der Waals surface area contributed by atoms with E-state index in [1.807, 2.05) is 19.1 Å². The van der Waals surface area contributed by atoms with Crippen LogP contribution in [0.3, 0.4) is 0 Å². The Labute approximate surface area is 107 Å². The molecule has 1 heterocycles. The van der Waals surface area contributed by atoms with Crippen LogP contribution in [-0.2, 0) is 6.54 Å². The van der Waals surface area contributed by atoms with Crippen LogP contribution < -0.4 is 0 Å². The van der Waals surface area contributed by atoms with E-state index in [0.29, 0.717) is 11.5 Å². The van der Waals surface area contributed by atoms with Gasteiger partial charge in [0.05, 0.1) is 5.56 Å². The van der Waals surface area contributed by atoms with E-state index in [1.165, 1.54) is 5.56 Å². The van der Waals surface area contributed by atoms with Crippen molar-refractivity contribution < 1.29 is 4.79 Å². The van der Waals surface area contributed by atoms with Crippen molar-refractivity contribution in [3.63, 3.8) is 0 Å². The second kappa shape index (κ2) is 5.17. The van der Waals surface area contributed by atoms with Crippen molar-refractivity contribution in [3.8, 4) is 11.3 Å². The maximum absolute atomic E-state index is 11.1.